The third-order valence-corrected chi connectivity index (χ3v) is 4.35. The Balaban J connectivity index is 1.78. The molecule has 110 valence electrons. The van der Waals surface area contributed by atoms with Crippen molar-refractivity contribution in [2.75, 3.05) is 13.7 Å². The Morgan fingerprint density at radius 2 is 2.05 bits per heavy atom. The minimum atomic E-state index is 0.471. The third kappa shape index (κ3) is 3.39. The fourth-order valence-electron chi connectivity index (χ4n) is 3.11. The van der Waals surface area contributed by atoms with Crippen molar-refractivity contribution >= 4 is 11.6 Å². The van der Waals surface area contributed by atoms with E-state index < -0.39 is 0 Å². The lowest BCUT2D eigenvalue weighted by atomic mass is 10.0. The highest BCUT2D eigenvalue weighted by molar-refractivity contribution is 6.30. The number of nitrogens with zero attached hydrogens (tertiary/aromatic N) is 1. The monoisotopic (exact) mass is 301 g/mol. The van der Waals surface area contributed by atoms with Gasteiger partial charge in [0.2, 0.25) is 0 Å². The number of benzene rings is 2. The van der Waals surface area contributed by atoms with Gasteiger partial charge in [-0.3, -0.25) is 4.90 Å². The molecule has 0 amide bonds. The molecule has 0 N–H and O–H groups in total. The van der Waals surface area contributed by atoms with Crippen LogP contribution in [0.1, 0.15) is 30.0 Å². The molecule has 3 rings (SSSR count). The molecule has 0 bridgehead atoms. The molecule has 1 unspecified atom stereocenters. The van der Waals surface area contributed by atoms with Gasteiger partial charge in [0, 0.05) is 17.6 Å². The molecule has 2 aromatic rings. The smallest absolute Gasteiger partial charge is 0.119 e. The quantitative estimate of drug-likeness (QED) is 0.812. The summed E-state index contributed by atoms with van der Waals surface area (Å²) in [6.07, 6.45) is 2.44. The molecule has 1 aliphatic heterocycles. The van der Waals surface area contributed by atoms with E-state index in [0.717, 1.165) is 23.9 Å². The van der Waals surface area contributed by atoms with Crippen LogP contribution in [-0.2, 0) is 6.54 Å². The first kappa shape index (κ1) is 14.4. The minimum absolute atomic E-state index is 0.471. The van der Waals surface area contributed by atoms with Crippen LogP contribution in [-0.4, -0.2) is 18.6 Å². The molecule has 1 saturated heterocycles. The Morgan fingerprint density at radius 1 is 1.19 bits per heavy atom. The minimum Gasteiger partial charge on any atom is -0.497 e. The van der Waals surface area contributed by atoms with Crippen molar-refractivity contribution in [1.82, 2.24) is 4.90 Å². The van der Waals surface area contributed by atoms with Gasteiger partial charge in [-0.2, -0.15) is 0 Å². The molecule has 1 heterocycles. The second kappa shape index (κ2) is 6.50. The average Bonchev–Trinajstić information content (AvgIpc) is 2.95. The first-order chi connectivity index (χ1) is 10.3. The van der Waals surface area contributed by atoms with E-state index in [1.807, 2.05) is 18.2 Å². The molecule has 0 aliphatic carbocycles. The molecule has 3 heteroatoms. The molecular formula is C18H20ClNO. The molecule has 21 heavy (non-hydrogen) atoms. The van der Waals surface area contributed by atoms with E-state index in [1.165, 1.54) is 24.0 Å². The zero-order valence-corrected chi connectivity index (χ0v) is 13.0. The van der Waals surface area contributed by atoms with Crippen molar-refractivity contribution in [2.24, 2.45) is 0 Å². The van der Waals surface area contributed by atoms with Gasteiger partial charge in [-0.25, -0.2) is 0 Å². The lowest BCUT2D eigenvalue weighted by molar-refractivity contribution is 0.248. The van der Waals surface area contributed by atoms with Crippen LogP contribution < -0.4 is 4.74 Å². The van der Waals surface area contributed by atoms with E-state index in [0.29, 0.717) is 6.04 Å². The highest BCUT2D eigenvalue weighted by Crippen LogP contribution is 2.34. The van der Waals surface area contributed by atoms with Gasteiger partial charge in [0.1, 0.15) is 5.75 Å². The van der Waals surface area contributed by atoms with Crippen molar-refractivity contribution in [3.8, 4) is 5.75 Å². The lowest BCUT2D eigenvalue weighted by Crippen LogP contribution is -2.22. The Kier molecular flexibility index (Phi) is 4.47. The molecule has 0 spiro atoms. The second-order valence-corrected chi connectivity index (χ2v) is 5.97. The highest BCUT2D eigenvalue weighted by Gasteiger charge is 2.26. The summed E-state index contributed by atoms with van der Waals surface area (Å²) in [6.45, 7) is 2.08. The first-order valence-corrected chi connectivity index (χ1v) is 7.76. The van der Waals surface area contributed by atoms with Crippen molar-refractivity contribution in [2.45, 2.75) is 25.4 Å². The predicted octanol–water partition coefficient (Wildman–Crippen LogP) is 4.69. The van der Waals surface area contributed by atoms with Crippen LogP contribution in [0.2, 0.25) is 5.02 Å². The average molecular weight is 302 g/mol. The Bertz CT molecular complexity index is 614. The second-order valence-electron chi connectivity index (χ2n) is 5.54. The Hall–Kier alpha value is -1.51. The van der Waals surface area contributed by atoms with Crippen molar-refractivity contribution in [3.05, 3.63) is 64.7 Å². The molecule has 1 atom stereocenters. The summed E-state index contributed by atoms with van der Waals surface area (Å²) >= 11 is 6.09. The molecule has 2 aromatic carbocycles. The SMILES string of the molecule is COc1cccc(C2CCCN2Cc2cccc(Cl)c2)c1. The maximum absolute atomic E-state index is 6.09. The van der Waals surface area contributed by atoms with E-state index in [2.05, 4.69) is 35.2 Å². The van der Waals surface area contributed by atoms with Gasteiger partial charge in [0.15, 0.2) is 0 Å². The van der Waals surface area contributed by atoms with Crippen molar-refractivity contribution in [1.29, 1.82) is 0 Å². The van der Waals surface area contributed by atoms with E-state index >= 15 is 0 Å². The summed E-state index contributed by atoms with van der Waals surface area (Å²) in [4.78, 5) is 2.53. The van der Waals surface area contributed by atoms with E-state index in [9.17, 15) is 0 Å². The van der Waals surface area contributed by atoms with Gasteiger partial charge < -0.3 is 4.74 Å². The number of methoxy groups -OCH3 is 1. The number of likely N-dealkylation sites (tertiary alicyclic amines) is 1. The molecule has 2 nitrogen and oxygen atoms in total. The van der Waals surface area contributed by atoms with Crippen LogP contribution in [0, 0.1) is 0 Å². The normalized spacial score (nSPS) is 18.9. The molecule has 0 saturated carbocycles. The van der Waals surface area contributed by atoms with E-state index in [1.54, 1.807) is 7.11 Å². The topological polar surface area (TPSA) is 12.5 Å². The van der Waals surface area contributed by atoms with Gasteiger partial charge in [-0.05, 0) is 54.8 Å². The van der Waals surface area contributed by atoms with Gasteiger partial charge in [0.25, 0.3) is 0 Å². The highest BCUT2D eigenvalue weighted by atomic mass is 35.5. The molecule has 1 fully saturated rings. The van der Waals surface area contributed by atoms with Gasteiger partial charge >= 0.3 is 0 Å². The van der Waals surface area contributed by atoms with Crippen molar-refractivity contribution in [3.63, 3.8) is 0 Å². The van der Waals surface area contributed by atoms with Crippen LogP contribution in [0.4, 0.5) is 0 Å². The summed E-state index contributed by atoms with van der Waals surface area (Å²) in [5.41, 5.74) is 2.62. The summed E-state index contributed by atoms with van der Waals surface area (Å²) < 4.78 is 5.35. The van der Waals surface area contributed by atoms with Crippen LogP contribution >= 0.6 is 11.6 Å². The molecule has 0 aromatic heterocycles. The third-order valence-electron chi connectivity index (χ3n) is 4.12. The number of rotatable bonds is 4. The van der Waals surface area contributed by atoms with Crippen LogP contribution in [0.3, 0.4) is 0 Å². The largest absolute Gasteiger partial charge is 0.497 e. The maximum Gasteiger partial charge on any atom is 0.119 e. The van der Waals surface area contributed by atoms with Crippen LogP contribution in [0.5, 0.6) is 5.75 Å². The van der Waals surface area contributed by atoms with Gasteiger partial charge in [-0.15, -0.1) is 0 Å². The van der Waals surface area contributed by atoms with Gasteiger partial charge in [0.05, 0.1) is 7.11 Å². The van der Waals surface area contributed by atoms with E-state index in [4.69, 9.17) is 16.3 Å². The van der Waals surface area contributed by atoms with Gasteiger partial charge in [-0.1, -0.05) is 35.9 Å². The zero-order valence-electron chi connectivity index (χ0n) is 12.3. The Labute approximate surface area is 131 Å². The Morgan fingerprint density at radius 3 is 2.86 bits per heavy atom. The summed E-state index contributed by atoms with van der Waals surface area (Å²) in [5.74, 6) is 0.933. The fourth-order valence-corrected chi connectivity index (χ4v) is 3.32. The standard InChI is InChI=1S/C18H20ClNO/c1-21-17-8-3-6-15(12-17)18-9-4-10-20(18)13-14-5-2-7-16(19)11-14/h2-3,5-8,11-12,18H,4,9-10,13H2,1H3. The maximum atomic E-state index is 6.09. The van der Waals surface area contributed by atoms with E-state index in [-0.39, 0.29) is 0 Å². The number of ether oxygens (including phenoxy) is 1. The van der Waals surface area contributed by atoms with Crippen LogP contribution in [0.15, 0.2) is 48.5 Å². The van der Waals surface area contributed by atoms with Crippen LogP contribution in [0.25, 0.3) is 0 Å². The fraction of sp³-hybridized carbons (Fsp3) is 0.333. The number of halogens is 1. The predicted molar refractivity (Wildman–Crippen MR) is 86.8 cm³/mol. The summed E-state index contributed by atoms with van der Waals surface area (Å²) in [6, 6.07) is 17.0. The zero-order chi connectivity index (χ0) is 14.7. The molecular weight excluding hydrogens is 282 g/mol. The van der Waals surface area contributed by atoms with Crippen molar-refractivity contribution < 1.29 is 4.74 Å². The first-order valence-electron chi connectivity index (χ1n) is 7.39. The summed E-state index contributed by atoms with van der Waals surface area (Å²) in [7, 11) is 1.72. The number of hydrogen-bond acceptors (Lipinski definition) is 2. The lowest BCUT2D eigenvalue weighted by Gasteiger charge is -2.25. The molecule has 0 radical (unpaired) electrons. The molecule has 1 aliphatic rings. The summed E-state index contributed by atoms with van der Waals surface area (Å²) in [5, 5.41) is 0.810. The number of hydrogen-bond donors (Lipinski definition) is 0.